The van der Waals surface area contributed by atoms with Gasteiger partial charge in [-0.05, 0) is 48.4 Å². The van der Waals surface area contributed by atoms with Crippen LogP contribution < -0.4 is 9.46 Å². The topological polar surface area (TPSA) is 75.7 Å². The third kappa shape index (κ3) is 7.53. The van der Waals surface area contributed by atoms with E-state index in [0.717, 1.165) is 23.1 Å². The predicted molar refractivity (Wildman–Crippen MR) is 108 cm³/mol. The minimum absolute atomic E-state index is 0.138. The second-order valence-corrected chi connectivity index (χ2v) is 8.00. The summed E-state index contributed by atoms with van der Waals surface area (Å²) in [6.45, 7) is 2.87. The standard InChI is InChI=1S/C20H24N2O4S/c1-16-5-4-6-19(15-16)26-14-13-22(2)20(23)12-9-17-7-10-18(11-8-17)21-27(3,24)25/h4-12,15,21H,13-14H2,1-3H3/b12-9+. The molecule has 0 bridgehead atoms. The third-order valence-corrected chi connectivity index (χ3v) is 4.30. The van der Waals surface area contributed by atoms with Crippen LogP contribution in [0.15, 0.2) is 54.6 Å². The Kier molecular flexibility index (Phi) is 7.01. The van der Waals surface area contributed by atoms with Crippen LogP contribution in [0.1, 0.15) is 11.1 Å². The fourth-order valence-corrected chi connectivity index (χ4v) is 2.85. The molecule has 0 spiro atoms. The third-order valence-electron chi connectivity index (χ3n) is 3.69. The van der Waals surface area contributed by atoms with Gasteiger partial charge >= 0.3 is 0 Å². The number of hydrogen-bond donors (Lipinski definition) is 1. The van der Waals surface area contributed by atoms with E-state index in [1.54, 1.807) is 42.3 Å². The van der Waals surface area contributed by atoms with Crippen molar-refractivity contribution in [3.8, 4) is 5.75 Å². The molecule has 144 valence electrons. The molecule has 27 heavy (non-hydrogen) atoms. The smallest absolute Gasteiger partial charge is 0.246 e. The molecule has 0 radical (unpaired) electrons. The lowest BCUT2D eigenvalue weighted by Crippen LogP contribution is -2.29. The molecule has 0 heterocycles. The summed E-state index contributed by atoms with van der Waals surface area (Å²) in [5, 5.41) is 0. The molecule has 0 saturated heterocycles. The first kappa shape index (κ1) is 20.5. The first-order chi connectivity index (χ1) is 12.7. The molecule has 1 amide bonds. The Labute approximate surface area is 160 Å². The van der Waals surface area contributed by atoms with Crippen LogP contribution in [0.25, 0.3) is 6.08 Å². The van der Waals surface area contributed by atoms with E-state index < -0.39 is 10.0 Å². The summed E-state index contributed by atoms with van der Waals surface area (Å²) in [6.07, 6.45) is 4.26. The molecule has 0 atom stereocenters. The molecule has 2 rings (SSSR count). The molecule has 0 fully saturated rings. The molecule has 0 aromatic heterocycles. The molecule has 0 unspecified atom stereocenters. The van der Waals surface area contributed by atoms with Crippen LogP contribution in [0.3, 0.4) is 0 Å². The number of nitrogens with one attached hydrogen (secondary N) is 1. The normalized spacial score (nSPS) is 11.4. The maximum Gasteiger partial charge on any atom is 0.246 e. The monoisotopic (exact) mass is 388 g/mol. The number of rotatable bonds is 8. The van der Waals surface area contributed by atoms with Crippen LogP contribution in [-0.4, -0.2) is 45.7 Å². The summed E-state index contributed by atoms with van der Waals surface area (Å²) in [7, 11) is -1.59. The second kappa shape index (κ2) is 9.23. The lowest BCUT2D eigenvalue weighted by molar-refractivity contribution is -0.125. The van der Waals surface area contributed by atoms with Crippen LogP contribution in [-0.2, 0) is 14.8 Å². The summed E-state index contributed by atoms with van der Waals surface area (Å²) in [5.74, 6) is 0.648. The highest BCUT2D eigenvalue weighted by Gasteiger charge is 2.05. The lowest BCUT2D eigenvalue weighted by atomic mass is 10.2. The summed E-state index contributed by atoms with van der Waals surface area (Å²) in [6, 6.07) is 14.5. The maximum absolute atomic E-state index is 12.2. The van der Waals surface area contributed by atoms with Gasteiger partial charge in [-0.1, -0.05) is 24.3 Å². The zero-order valence-corrected chi connectivity index (χ0v) is 16.5. The first-order valence-corrected chi connectivity index (χ1v) is 10.3. The Bertz CT molecular complexity index is 906. The van der Waals surface area contributed by atoms with Gasteiger partial charge in [0, 0.05) is 18.8 Å². The fraction of sp³-hybridized carbons (Fsp3) is 0.250. The number of benzene rings is 2. The van der Waals surface area contributed by atoms with Gasteiger partial charge in [0.1, 0.15) is 12.4 Å². The van der Waals surface area contributed by atoms with Crippen molar-refractivity contribution in [1.29, 1.82) is 0 Å². The van der Waals surface area contributed by atoms with Gasteiger partial charge in [-0.25, -0.2) is 8.42 Å². The highest BCUT2D eigenvalue weighted by atomic mass is 32.2. The highest BCUT2D eigenvalue weighted by molar-refractivity contribution is 7.92. The van der Waals surface area contributed by atoms with Gasteiger partial charge in [0.25, 0.3) is 0 Å². The Morgan fingerprint density at radius 3 is 2.52 bits per heavy atom. The van der Waals surface area contributed by atoms with Crippen molar-refractivity contribution in [3.05, 3.63) is 65.7 Å². The molecule has 0 aliphatic rings. The molecule has 2 aromatic rings. The quantitative estimate of drug-likeness (QED) is 0.706. The van der Waals surface area contributed by atoms with E-state index >= 15 is 0 Å². The minimum Gasteiger partial charge on any atom is -0.492 e. The van der Waals surface area contributed by atoms with Crippen LogP contribution >= 0.6 is 0 Å². The molecular weight excluding hydrogens is 364 g/mol. The SMILES string of the molecule is Cc1cccc(OCCN(C)C(=O)/C=C/c2ccc(NS(C)(=O)=O)cc2)c1. The molecular formula is C20H24N2O4S. The molecule has 0 aliphatic carbocycles. The van der Waals surface area contributed by atoms with Crippen LogP contribution in [0, 0.1) is 6.92 Å². The van der Waals surface area contributed by atoms with Crippen molar-refractivity contribution in [3.63, 3.8) is 0 Å². The highest BCUT2D eigenvalue weighted by Crippen LogP contribution is 2.13. The van der Waals surface area contributed by atoms with Gasteiger partial charge in [0.15, 0.2) is 0 Å². The summed E-state index contributed by atoms with van der Waals surface area (Å²) in [4.78, 5) is 13.7. The Balaban J connectivity index is 1.82. The number of nitrogens with zero attached hydrogens (tertiary/aromatic N) is 1. The number of ether oxygens (including phenoxy) is 1. The van der Waals surface area contributed by atoms with Crippen molar-refractivity contribution >= 4 is 27.7 Å². The van der Waals surface area contributed by atoms with Crippen molar-refractivity contribution in [2.45, 2.75) is 6.92 Å². The average Bonchev–Trinajstić information content (AvgIpc) is 2.59. The van der Waals surface area contributed by atoms with Crippen molar-refractivity contribution in [2.24, 2.45) is 0 Å². The van der Waals surface area contributed by atoms with Crippen molar-refractivity contribution in [2.75, 3.05) is 31.2 Å². The molecule has 2 aromatic carbocycles. The van der Waals surface area contributed by atoms with Crippen molar-refractivity contribution in [1.82, 2.24) is 4.90 Å². The van der Waals surface area contributed by atoms with Gasteiger partial charge in [0.2, 0.25) is 15.9 Å². The minimum atomic E-state index is -3.30. The summed E-state index contributed by atoms with van der Waals surface area (Å²) >= 11 is 0. The van der Waals surface area contributed by atoms with E-state index in [9.17, 15) is 13.2 Å². The predicted octanol–water partition coefficient (Wildman–Crippen LogP) is 2.92. The number of aryl methyl sites for hydroxylation is 1. The number of likely N-dealkylation sites (N-methyl/N-ethyl adjacent to an activating group) is 1. The molecule has 1 N–H and O–H groups in total. The van der Waals surface area contributed by atoms with Crippen LogP contribution in [0.2, 0.25) is 0 Å². The summed E-state index contributed by atoms with van der Waals surface area (Å²) in [5.41, 5.74) is 2.40. The zero-order chi connectivity index (χ0) is 19.9. The molecule has 0 saturated carbocycles. The van der Waals surface area contributed by atoms with Gasteiger partial charge in [-0.15, -0.1) is 0 Å². The van der Waals surface area contributed by atoms with E-state index in [2.05, 4.69) is 4.72 Å². The number of amides is 1. The number of carbonyl (C=O) groups excluding carboxylic acids is 1. The number of anilines is 1. The molecule has 0 aliphatic heterocycles. The van der Waals surface area contributed by atoms with Gasteiger partial charge in [-0.3, -0.25) is 9.52 Å². The number of sulfonamides is 1. The lowest BCUT2D eigenvalue weighted by Gasteiger charge is -2.15. The Hall–Kier alpha value is -2.80. The Morgan fingerprint density at radius 1 is 1.19 bits per heavy atom. The molecule has 6 nitrogen and oxygen atoms in total. The zero-order valence-electron chi connectivity index (χ0n) is 15.7. The second-order valence-electron chi connectivity index (χ2n) is 6.25. The molecule has 7 heteroatoms. The van der Waals surface area contributed by atoms with Crippen molar-refractivity contribution < 1.29 is 17.9 Å². The van der Waals surface area contributed by atoms with E-state index in [4.69, 9.17) is 4.74 Å². The Morgan fingerprint density at radius 2 is 1.89 bits per heavy atom. The number of carbonyl (C=O) groups is 1. The first-order valence-electron chi connectivity index (χ1n) is 8.43. The van der Waals surface area contributed by atoms with E-state index in [0.29, 0.717) is 18.8 Å². The van der Waals surface area contributed by atoms with E-state index in [-0.39, 0.29) is 5.91 Å². The fourth-order valence-electron chi connectivity index (χ4n) is 2.29. The van der Waals surface area contributed by atoms with Gasteiger partial charge < -0.3 is 9.64 Å². The van der Waals surface area contributed by atoms with Gasteiger partial charge in [0.05, 0.1) is 12.8 Å². The number of hydrogen-bond acceptors (Lipinski definition) is 4. The van der Waals surface area contributed by atoms with Crippen LogP contribution in [0.4, 0.5) is 5.69 Å². The maximum atomic E-state index is 12.2. The summed E-state index contributed by atoms with van der Waals surface area (Å²) < 4.78 is 30.4. The largest absolute Gasteiger partial charge is 0.492 e. The van der Waals surface area contributed by atoms with E-state index in [1.807, 2.05) is 31.2 Å². The van der Waals surface area contributed by atoms with E-state index in [1.165, 1.54) is 6.08 Å². The van der Waals surface area contributed by atoms with Gasteiger partial charge in [-0.2, -0.15) is 0 Å². The van der Waals surface area contributed by atoms with Crippen LogP contribution in [0.5, 0.6) is 5.75 Å². The average molecular weight is 388 g/mol.